The molecule has 4 aromatic rings. The Morgan fingerprint density at radius 3 is 2.48 bits per heavy atom. The highest BCUT2D eigenvalue weighted by atomic mass is 16.3. The minimum absolute atomic E-state index is 0.216. The lowest BCUT2D eigenvalue weighted by molar-refractivity contribution is 0.475. The van der Waals surface area contributed by atoms with Crippen LogP contribution in [0.2, 0.25) is 0 Å². The summed E-state index contributed by atoms with van der Waals surface area (Å²) in [6.45, 7) is 0. The molecule has 6 nitrogen and oxygen atoms in total. The molecule has 0 aliphatic rings. The predicted molar refractivity (Wildman–Crippen MR) is 94.5 cm³/mol. The zero-order valence-corrected chi connectivity index (χ0v) is 13.1. The summed E-state index contributed by atoms with van der Waals surface area (Å²) in [5, 5.41) is 25.8. The van der Waals surface area contributed by atoms with Crippen LogP contribution in [0.4, 0.5) is 11.5 Å². The summed E-state index contributed by atoms with van der Waals surface area (Å²) in [4.78, 5) is 4.63. The van der Waals surface area contributed by atoms with E-state index in [0.717, 1.165) is 16.8 Å². The van der Waals surface area contributed by atoms with Gasteiger partial charge in [-0.05, 0) is 48.0 Å². The Labute approximate surface area is 143 Å². The van der Waals surface area contributed by atoms with Crippen molar-refractivity contribution in [1.29, 1.82) is 5.26 Å². The molecule has 2 aromatic heterocycles. The Balaban J connectivity index is 1.71. The fourth-order valence-electron chi connectivity index (χ4n) is 2.56. The van der Waals surface area contributed by atoms with Crippen LogP contribution in [0.15, 0.2) is 67.0 Å². The van der Waals surface area contributed by atoms with Crippen LogP contribution in [0.5, 0.6) is 5.75 Å². The molecule has 0 unspecified atom stereocenters. The maximum atomic E-state index is 9.36. The van der Waals surface area contributed by atoms with Gasteiger partial charge >= 0.3 is 0 Å². The third-order valence-electron chi connectivity index (χ3n) is 3.83. The maximum Gasteiger partial charge on any atom is 0.165 e. The first-order chi connectivity index (χ1) is 12.2. The molecule has 120 valence electrons. The first kappa shape index (κ1) is 14.7. The smallest absolute Gasteiger partial charge is 0.165 e. The number of nitrogens with one attached hydrogen (secondary N) is 1. The van der Waals surface area contributed by atoms with Crippen LogP contribution < -0.4 is 5.32 Å². The van der Waals surface area contributed by atoms with E-state index in [1.54, 1.807) is 47.1 Å². The number of rotatable bonds is 3. The first-order valence-electron chi connectivity index (χ1n) is 7.64. The molecule has 25 heavy (non-hydrogen) atoms. The molecule has 2 aromatic carbocycles. The van der Waals surface area contributed by atoms with Crippen molar-refractivity contribution in [3.05, 3.63) is 72.6 Å². The summed E-state index contributed by atoms with van der Waals surface area (Å²) >= 11 is 0. The molecular weight excluding hydrogens is 314 g/mol. The molecule has 0 bridgehead atoms. The van der Waals surface area contributed by atoms with E-state index in [2.05, 4.69) is 21.5 Å². The number of anilines is 2. The van der Waals surface area contributed by atoms with E-state index < -0.39 is 0 Å². The number of aromatic hydroxyl groups is 1. The summed E-state index contributed by atoms with van der Waals surface area (Å²) in [5.41, 5.74) is 3.99. The molecule has 0 atom stereocenters. The maximum absolute atomic E-state index is 9.36. The number of hydrogen-bond donors (Lipinski definition) is 2. The summed E-state index contributed by atoms with van der Waals surface area (Å²) in [7, 11) is 0. The van der Waals surface area contributed by atoms with E-state index in [1.165, 1.54) is 0 Å². The van der Waals surface area contributed by atoms with Crippen molar-refractivity contribution in [2.24, 2.45) is 0 Å². The number of phenols is 1. The van der Waals surface area contributed by atoms with Crippen LogP contribution in [0.25, 0.3) is 16.8 Å². The van der Waals surface area contributed by atoms with Gasteiger partial charge < -0.3 is 10.4 Å². The van der Waals surface area contributed by atoms with Crippen molar-refractivity contribution < 1.29 is 5.11 Å². The van der Waals surface area contributed by atoms with Crippen molar-refractivity contribution in [3.8, 4) is 22.9 Å². The highest BCUT2D eigenvalue weighted by Gasteiger charge is 2.09. The van der Waals surface area contributed by atoms with Gasteiger partial charge in [0.2, 0.25) is 0 Å². The van der Waals surface area contributed by atoms with E-state index in [-0.39, 0.29) is 5.75 Å². The molecule has 0 amide bonds. The van der Waals surface area contributed by atoms with Crippen LogP contribution in [0.1, 0.15) is 5.56 Å². The van der Waals surface area contributed by atoms with E-state index in [0.29, 0.717) is 17.0 Å². The molecule has 4 rings (SSSR count). The normalized spacial score (nSPS) is 10.5. The Kier molecular flexibility index (Phi) is 3.52. The van der Waals surface area contributed by atoms with Crippen molar-refractivity contribution in [2.75, 3.05) is 5.32 Å². The minimum Gasteiger partial charge on any atom is -0.508 e. The lowest BCUT2D eigenvalue weighted by atomic mass is 10.1. The van der Waals surface area contributed by atoms with E-state index >= 15 is 0 Å². The highest BCUT2D eigenvalue weighted by molar-refractivity contribution is 5.78. The Morgan fingerprint density at radius 1 is 1.00 bits per heavy atom. The number of hydrogen-bond acceptors (Lipinski definition) is 5. The fraction of sp³-hybridized carbons (Fsp3) is 0. The molecule has 0 aliphatic carbocycles. The molecule has 0 saturated carbocycles. The van der Waals surface area contributed by atoms with Gasteiger partial charge in [0.1, 0.15) is 11.6 Å². The average Bonchev–Trinajstić information content (AvgIpc) is 3.07. The van der Waals surface area contributed by atoms with Crippen molar-refractivity contribution in [1.82, 2.24) is 14.6 Å². The Morgan fingerprint density at radius 2 is 1.76 bits per heavy atom. The van der Waals surface area contributed by atoms with E-state index in [1.807, 2.05) is 24.4 Å². The quantitative estimate of drug-likeness (QED) is 0.560. The zero-order valence-electron chi connectivity index (χ0n) is 13.1. The van der Waals surface area contributed by atoms with Crippen molar-refractivity contribution >= 4 is 17.2 Å². The second kappa shape index (κ2) is 5.98. The summed E-state index contributed by atoms with van der Waals surface area (Å²) in [6, 6.07) is 18.0. The lowest BCUT2D eigenvalue weighted by Crippen LogP contribution is -1.97. The third kappa shape index (κ3) is 2.86. The zero-order chi connectivity index (χ0) is 17.2. The lowest BCUT2D eigenvalue weighted by Gasteiger charge is -2.06. The van der Waals surface area contributed by atoms with Crippen LogP contribution in [-0.4, -0.2) is 19.7 Å². The third-order valence-corrected chi connectivity index (χ3v) is 3.83. The van der Waals surface area contributed by atoms with Gasteiger partial charge in [-0.25, -0.2) is 9.50 Å². The van der Waals surface area contributed by atoms with Gasteiger partial charge in [0.25, 0.3) is 0 Å². The summed E-state index contributed by atoms with van der Waals surface area (Å²) in [5.74, 6) is 0.890. The number of aromatic nitrogens is 3. The van der Waals surface area contributed by atoms with Crippen LogP contribution in [-0.2, 0) is 0 Å². The highest BCUT2D eigenvalue weighted by Crippen LogP contribution is 2.25. The molecule has 0 aliphatic heterocycles. The van der Waals surface area contributed by atoms with Gasteiger partial charge in [0.05, 0.1) is 17.8 Å². The molecule has 6 heteroatoms. The molecule has 0 radical (unpaired) electrons. The fourth-order valence-corrected chi connectivity index (χ4v) is 2.56. The van der Waals surface area contributed by atoms with Gasteiger partial charge in [-0.2, -0.15) is 10.4 Å². The van der Waals surface area contributed by atoms with Gasteiger partial charge in [0.15, 0.2) is 5.65 Å². The number of benzene rings is 2. The monoisotopic (exact) mass is 327 g/mol. The Bertz CT molecular complexity index is 1080. The van der Waals surface area contributed by atoms with Gasteiger partial charge in [-0.3, -0.25) is 0 Å². The second-order valence-electron chi connectivity index (χ2n) is 5.50. The molecule has 0 fully saturated rings. The first-order valence-corrected chi connectivity index (χ1v) is 7.64. The number of nitrogens with zero attached hydrogens (tertiary/aromatic N) is 4. The topological polar surface area (TPSA) is 86.2 Å². The number of fused-ring (bicyclic) bond motifs is 1. The van der Waals surface area contributed by atoms with Crippen LogP contribution in [0.3, 0.4) is 0 Å². The molecule has 0 spiro atoms. The molecule has 2 N–H and O–H groups in total. The molecular formula is C19H13N5O. The second-order valence-corrected chi connectivity index (χ2v) is 5.50. The van der Waals surface area contributed by atoms with Gasteiger partial charge in [-0.1, -0.05) is 12.1 Å². The summed E-state index contributed by atoms with van der Waals surface area (Å²) < 4.78 is 1.70. The standard InChI is InChI=1S/C19H13N5O/c20-11-13-1-3-14(4-2-13)17-12-21-24-10-9-18(23-19(17)24)22-15-5-7-16(25)8-6-15/h1-10,12,25H,(H,22,23). The average molecular weight is 327 g/mol. The van der Waals surface area contributed by atoms with Crippen LogP contribution >= 0.6 is 0 Å². The molecule has 2 heterocycles. The van der Waals surface area contributed by atoms with E-state index in [4.69, 9.17) is 5.26 Å². The number of nitriles is 1. The van der Waals surface area contributed by atoms with Crippen molar-refractivity contribution in [2.45, 2.75) is 0 Å². The van der Waals surface area contributed by atoms with Crippen molar-refractivity contribution in [3.63, 3.8) is 0 Å². The molecule has 0 saturated heterocycles. The van der Waals surface area contributed by atoms with Crippen LogP contribution in [0, 0.1) is 11.3 Å². The van der Waals surface area contributed by atoms with Gasteiger partial charge in [0, 0.05) is 17.4 Å². The Hall–Kier alpha value is -3.85. The SMILES string of the molecule is N#Cc1ccc(-c2cnn3ccc(Nc4ccc(O)cc4)nc23)cc1. The summed E-state index contributed by atoms with van der Waals surface area (Å²) in [6.07, 6.45) is 3.59. The number of phenolic OH excluding ortho intramolecular Hbond substituents is 1. The minimum atomic E-state index is 0.216. The predicted octanol–water partition coefficient (Wildman–Crippen LogP) is 3.72. The largest absolute Gasteiger partial charge is 0.508 e. The van der Waals surface area contributed by atoms with Gasteiger partial charge in [-0.15, -0.1) is 0 Å². The van der Waals surface area contributed by atoms with E-state index in [9.17, 15) is 5.11 Å².